The highest BCUT2D eigenvalue weighted by molar-refractivity contribution is 7.26. The molecule has 0 atom stereocenters. The van der Waals surface area contributed by atoms with Crippen molar-refractivity contribution < 1.29 is 0 Å². The fraction of sp³-hybridized carbons (Fsp3) is 0. The Morgan fingerprint density at radius 3 is 2.42 bits per heavy atom. The molecule has 0 radical (unpaired) electrons. The van der Waals surface area contributed by atoms with Gasteiger partial charge in [0.25, 0.3) is 0 Å². The predicted octanol–water partition coefficient (Wildman–Crippen LogP) is 6.15. The van der Waals surface area contributed by atoms with Gasteiger partial charge in [-0.3, -0.25) is 0 Å². The van der Waals surface area contributed by atoms with Crippen molar-refractivity contribution in [3.8, 4) is 11.1 Å². The lowest BCUT2D eigenvalue weighted by Crippen LogP contribution is -1.82. The Kier molecular flexibility index (Phi) is 2.76. The van der Waals surface area contributed by atoms with Gasteiger partial charge in [-0.2, -0.15) is 0 Å². The summed E-state index contributed by atoms with van der Waals surface area (Å²) in [5, 5.41) is 2.29. The Morgan fingerprint density at radius 1 is 0.692 bits per heavy atom. The molecule has 0 bridgehead atoms. The van der Waals surface area contributed by atoms with E-state index < -0.39 is 0 Å². The molecule has 0 aliphatic carbocycles. The molecule has 0 fully saturated rings. The lowest BCUT2D eigenvalue weighted by Gasteiger charge is -2.02. The highest BCUT2D eigenvalue weighted by Crippen LogP contribution is 2.39. The maximum absolute atomic E-state index is 4.96. The van der Waals surface area contributed by atoms with Crippen molar-refractivity contribution in [1.29, 1.82) is 0 Å². The van der Waals surface area contributed by atoms with Crippen LogP contribution >= 0.6 is 11.3 Å². The first-order valence-corrected chi connectivity index (χ1v) is 9.35. The summed E-state index contributed by atoms with van der Waals surface area (Å²) in [6.07, 6.45) is 0. The molecule has 0 amide bonds. The van der Waals surface area contributed by atoms with Crippen LogP contribution in [0.1, 0.15) is 0 Å². The number of benzene rings is 3. The van der Waals surface area contributed by atoms with Gasteiger partial charge in [-0.15, -0.1) is 11.3 Å². The third kappa shape index (κ3) is 1.87. The molecule has 0 aliphatic rings. The smallest absolute Gasteiger partial charge is 0.157 e. The van der Waals surface area contributed by atoms with E-state index in [-0.39, 0.29) is 0 Å². The molecule has 6 aromatic rings. The molecule has 3 heterocycles. The van der Waals surface area contributed by atoms with E-state index in [4.69, 9.17) is 9.97 Å². The third-order valence-corrected chi connectivity index (χ3v) is 5.97. The SMILES string of the molecule is c1ccc(-c2cccc3c2sc2nc4c(nc23)[nH]c2ccccc24)cc1. The normalized spacial score (nSPS) is 11.8. The van der Waals surface area contributed by atoms with Gasteiger partial charge >= 0.3 is 0 Å². The van der Waals surface area contributed by atoms with Crippen LogP contribution in [0.3, 0.4) is 0 Å². The average molecular weight is 351 g/mol. The number of hydrogen-bond acceptors (Lipinski definition) is 3. The van der Waals surface area contributed by atoms with E-state index in [1.165, 1.54) is 21.2 Å². The molecular weight excluding hydrogens is 338 g/mol. The minimum absolute atomic E-state index is 0.850. The number of para-hydroxylation sites is 1. The van der Waals surface area contributed by atoms with Gasteiger partial charge in [0.2, 0.25) is 0 Å². The Balaban J connectivity index is 1.73. The van der Waals surface area contributed by atoms with Crippen LogP contribution in [0.2, 0.25) is 0 Å². The number of nitrogens with one attached hydrogen (secondary N) is 1. The van der Waals surface area contributed by atoms with Gasteiger partial charge in [0.05, 0.1) is 0 Å². The summed E-state index contributed by atoms with van der Waals surface area (Å²) in [7, 11) is 0. The molecule has 3 nitrogen and oxygen atoms in total. The van der Waals surface area contributed by atoms with Crippen LogP contribution in [-0.4, -0.2) is 15.0 Å². The summed E-state index contributed by atoms with van der Waals surface area (Å²) in [5.74, 6) is 0. The summed E-state index contributed by atoms with van der Waals surface area (Å²) in [4.78, 5) is 14.3. The Morgan fingerprint density at radius 2 is 1.50 bits per heavy atom. The molecule has 122 valence electrons. The quantitative estimate of drug-likeness (QED) is 0.386. The van der Waals surface area contributed by atoms with Crippen LogP contribution in [-0.2, 0) is 0 Å². The molecule has 6 rings (SSSR count). The number of aromatic nitrogens is 3. The highest BCUT2D eigenvalue weighted by Gasteiger charge is 2.15. The fourth-order valence-corrected chi connectivity index (χ4v) is 4.80. The number of hydrogen-bond donors (Lipinski definition) is 1. The average Bonchev–Trinajstić information content (AvgIpc) is 3.24. The van der Waals surface area contributed by atoms with E-state index in [0.29, 0.717) is 0 Å². The highest BCUT2D eigenvalue weighted by atomic mass is 32.1. The number of H-pyrrole nitrogens is 1. The summed E-state index contributed by atoms with van der Waals surface area (Å²) < 4.78 is 1.24. The van der Waals surface area contributed by atoms with Crippen molar-refractivity contribution in [2.24, 2.45) is 0 Å². The second-order valence-electron chi connectivity index (χ2n) is 6.40. The van der Waals surface area contributed by atoms with Gasteiger partial charge in [-0.05, 0) is 17.2 Å². The van der Waals surface area contributed by atoms with E-state index >= 15 is 0 Å². The lowest BCUT2D eigenvalue weighted by atomic mass is 10.0. The summed E-state index contributed by atoms with van der Waals surface area (Å²) >= 11 is 1.72. The molecule has 1 N–H and O–H groups in total. The van der Waals surface area contributed by atoms with Gasteiger partial charge in [-0.1, -0.05) is 66.7 Å². The third-order valence-electron chi connectivity index (χ3n) is 4.85. The fourth-order valence-electron chi connectivity index (χ4n) is 3.64. The van der Waals surface area contributed by atoms with Crippen LogP contribution in [0.25, 0.3) is 53.6 Å². The molecule has 0 unspecified atom stereocenters. The minimum Gasteiger partial charge on any atom is -0.338 e. The van der Waals surface area contributed by atoms with Crippen LogP contribution in [0, 0.1) is 0 Å². The molecule has 0 saturated carbocycles. The maximum atomic E-state index is 4.96. The van der Waals surface area contributed by atoms with Crippen molar-refractivity contribution >= 4 is 53.8 Å². The van der Waals surface area contributed by atoms with Crippen LogP contribution < -0.4 is 0 Å². The predicted molar refractivity (Wildman–Crippen MR) is 110 cm³/mol. The topological polar surface area (TPSA) is 41.6 Å². The number of thiophene rings is 1. The van der Waals surface area contributed by atoms with E-state index in [1.54, 1.807) is 11.3 Å². The van der Waals surface area contributed by atoms with Gasteiger partial charge in [0.15, 0.2) is 5.65 Å². The Labute approximate surface area is 153 Å². The van der Waals surface area contributed by atoms with Gasteiger partial charge in [0.1, 0.15) is 15.9 Å². The number of nitrogens with zero attached hydrogens (tertiary/aromatic N) is 2. The summed E-state index contributed by atoms with van der Waals surface area (Å²) in [6.45, 7) is 0. The molecule has 4 heteroatoms. The molecule has 3 aromatic heterocycles. The number of aromatic amines is 1. The van der Waals surface area contributed by atoms with E-state index in [2.05, 4.69) is 59.6 Å². The molecule has 0 spiro atoms. The standard InChI is InChI=1S/C22H13N3S/c1-2-7-13(8-3-1)14-10-6-11-16-19-22(26-20(14)16)25-18-15-9-4-5-12-17(15)23-21(18)24-19/h1-12H,(H,23,24). The van der Waals surface area contributed by atoms with Crippen LogP contribution in [0.15, 0.2) is 72.8 Å². The minimum atomic E-state index is 0.850. The first-order valence-electron chi connectivity index (χ1n) is 8.53. The Hall–Kier alpha value is -3.24. The molecule has 26 heavy (non-hydrogen) atoms. The van der Waals surface area contributed by atoms with E-state index in [0.717, 1.165) is 32.4 Å². The molecule has 3 aromatic carbocycles. The van der Waals surface area contributed by atoms with E-state index in [1.807, 2.05) is 18.2 Å². The Bertz CT molecular complexity index is 1430. The summed E-state index contributed by atoms with van der Waals surface area (Å²) in [5.41, 5.74) is 6.31. The second-order valence-corrected chi connectivity index (χ2v) is 7.39. The van der Waals surface area contributed by atoms with Crippen LogP contribution in [0.4, 0.5) is 0 Å². The molecular formula is C22H13N3S. The molecule has 0 saturated heterocycles. The van der Waals surface area contributed by atoms with Crippen molar-refractivity contribution in [3.63, 3.8) is 0 Å². The van der Waals surface area contributed by atoms with Crippen molar-refractivity contribution in [2.75, 3.05) is 0 Å². The largest absolute Gasteiger partial charge is 0.338 e. The van der Waals surface area contributed by atoms with Crippen molar-refractivity contribution in [2.45, 2.75) is 0 Å². The zero-order chi connectivity index (χ0) is 17.1. The van der Waals surface area contributed by atoms with Crippen molar-refractivity contribution in [3.05, 3.63) is 72.8 Å². The zero-order valence-electron chi connectivity index (χ0n) is 13.7. The van der Waals surface area contributed by atoms with Crippen LogP contribution in [0.5, 0.6) is 0 Å². The maximum Gasteiger partial charge on any atom is 0.157 e. The molecule has 0 aliphatic heterocycles. The van der Waals surface area contributed by atoms with Gasteiger partial charge < -0.3 is 4.98 Å². The summed E-state index contributed by atoms with van der Waals surface area (Å²) in [6, 6.07) is 25.2. The lowest BCUT2D eigenvalue weighted by molar-refractivity contribution is 1.38. The number of fused-ring (bicyclic) bond motifs is 6. The second kappa shape index (κ2) is 5.13. The van der Waals surface area contributed by atoms with Gasteiger partial charge in [-0.25, -0.2) is 9.97 Å². The first kappa shape index (κ1) is 14.0. The monoisotopic (exact) mass is 351 g/mol. The number of rotatable bonds is 1. The first-order chi connectivity index (χ1) is 12.9. The van der Waals surface area contributed by atoms with E-state index in [9.17, 15) is 0 Å². The van der Waals surface area contributed by atoms with Gasteiger partial charge in [0, 0.05) is 21.0 Å². The van der Waals surface area contributed by atoms with Crippen molar-refractivity contribution in [1.82, 2.24) is 15.0 Å². The zero-order valence-corrected chi connectivity index (χ0v) is 14.5.